The van der Waals surface area contributed by atoms with Crippen LogP contribution >= 0.6 is 0 Å². The Morgan fingerprint density at radius 1 is 1.35 bits per heavy atom. The maximum atomic E-state index is 13.2. The van der Waals surface area contributed by atoms with Crippen LogP contribution in [0.2, 0.25) is 0 Å². The fourth-order valence-corrected chi connectivity index (χ4v) is 2.56. The Hall–Kier alpha value is -1.09. The normalized spacial score (nSPS) is 18.9. The number of nitrogens with zero attached hydrogens (tertiary/aromatic N) is 1. The molecule has 0 aromatic heterocycles. The molecule has 0 amide bonds. The van der Waals surface area contributed by atoms with Crippen molar-refractivity contribution < 1.29 is 4.39 Å². The average molecular weight is 236 g/mol. The standard InChI is InChI=1S/C14H21FN2/c1-3-17(4-2)10-11-7-8-16-14-9-12(15)5-6-13(11)14/h5-6,9,11,16H,3-4,7-8,10H2,1-2H3. The lowest BCUT2D eigenvalue weighted by molar-refractivity contribution is 0.278. The quantitative estimate of drug-likeness (QED) is 0.864. The summed E-state index contributed by atoms with van der Waals surface area (Å²) >= 11 is 0. The number of hydrogen-bond donors (Lipinski definition) is 1. The minimum atomic E-state index is -0.153. The molecule has 94 valence electrons. The highest BCUT2D eigenvalue weighted by molar-refractivity contribution is 5.55. The highest BCUT2D eigenvalue weighted by atomic mass is 19.1. The summed E-state index contributed by atoms with van der Waals surface area (Å²) < 4.78 is 13.2. The van der Waals surface area contributed by atoms with E-state index in [4.69, 9.17) is 0 Å². The lowest BCUT2D eigenvalue weighted by atomic mass is 9.90. The summed E-state index contributed by atoms with van der Waals surface area (Å²) in [5, 5.41) is 3.28. The van der Waals surface area contributed by atoms with E-state index in [1.165, 1.54) is 5.56 Å². The third-order valence-electron chi connectivity index (χ3n) is 3.64. The topological polar surface area (TPSA) is 15.3 Å². The van der Waals surface area contributed by atoms with Crippen LogP contribution in [0.5, 0.6) is 0 Å². The molecule has 1 aromatic carbocycles. The first kappa shape index (κ1) is 12.4. The lowest BCUT2D eigenvalue weighted by Crippen LogP contribution is -2.31. The molecule has 1 aliphatic rings. The maximum Gasteiger partial charge on any atom is 0.125 e. The molecule has 2 rings (SSSR count). The van der Waals surface area contributed by atoms with E-state index >= 15 is 0 Å². The minimum absolute atomic E-state index is 0.153. The second kappa shape index (κ2) is 5.50. The van der Waals surface area contributed by atoms with E-state index in [1.54, 1.807) is 12.1 Å². The van der Waals surface area contributed by atoms with Crippen molar-refractivity contribution in [3.05, 3.63) is 29.6 Å². The van der Waals surface area contributed by atoms with Gasteiger partial charge in [-0.2, -0.15) is 0 Å². The van der Waals surface area contributed by atoms with Gasteiger partial charge in [-0.25, -0.2) is 4.39 Å². The van der Waals surface area contributed by atoms with Gasteiger partial charge in [-0.15, -0.1) is 0 Å². The molecule has 1 aromatic rings. The summed E-state index contributed by atoms with van der Waals surface area (Å²) in [6.45, 7) is 8.57. The van der Waals surface area contributed by atoms with Crippen LogP contribution in [0.4, 0.5) is 10.1 Å². The van der Waals surface area contributed by atoms with Gasteiger partial charge in [0.25, 0.3) is 0 Å². The zero-order valence-electron chi connectivity index (χ0n) is 10.7. The van der Waals surface area contributed by atoms with Crippen molar-refractivity contribution in [2.45, 2.75) is 26.2 Å². The molecule has 0 bridgehead atoms. The van der Waals surface area contributed by atoms with E-state index < -0.39 is 0 Å². The minimum Gasteiger partial charge on any atom is -0.385 e. The summed E-state index contributed by atoms with van der Waals surface area (Å²) in [6, 6.07) is 5.12. The lowest BCUT2D eigenvalue weighted by Gasteiger charge is -2.31. The first-order valence-electron chi connectivity index (χ1n) is 6.50. The SMILES string of the molecule is CCN(CC)CC1CCNc2cc(F)ccc21. The molecule has 0 aliphatic carbocycles. The van der Waals surface area contributed by atoms with Crippen LogP contribution in [0.3, 0.4) is 0 Å². The Bertz CT molecular complexity index is 374. The summed E-state index contributed by atoms with van der Waals surface area (Å²) in [5.74, 6) is 0.381. The van der Waals surface area contributed by atoms with Crippen molar-refractivity contribution in [1.82, 2.24) is 4.90 Å². The molecule has 0 saturated carbocycles. The van der Waals surface area contributed by atoms with Crippen LogP contribution < -0.4 is 5.32 Å². The van der Waals surface area contributed by atoms with Crippen LogP contribution in [0.25, 0.3) is 0 Å². The molecule has 0 saturated heterocycles. The first-order valence-corrected chi connectivity index (χ1v) is 6.50. The average Bonchev–Trinajstić information content (AvgIpc) is 2.35. The number of hydrogen-bond acceptors (Lipinski definition) is 2. The molecule has 1 heterocycles. The summed E-state index contributed by atoms with van der Waals surface area (Å²) in [6.07, 6.45) is 1.13. The number of anilines is 1. The van der Waals surface area contributed by atoms with Gasteiger partial charge >= 0.3 is 0 Å². The summed E-state index contributed by atoms with van der Waals surface area (Å²) in [7, 11) is 0. The van der Waals surface area contributed by atoms with E-state index in [1.807, 2.05) is 6.07 Å². The molecule has 0 radical (unpaired) electrons. The van der Waals surface area contributed by atoms with Gasteiger partial charge in [0, 0.05) is 24.7 Å². The van der Waals surface area contributed by atoms with E-state index in [9.17, 15) is 4.39 Å². The smallest absolute Gasteiger partial charge is 0.125 e. The van der Waals surface area contributed by atoms with Crippen molar-refractivity contribution >= 4 is 5.69 Å². The number of halogens is 1. The zero-order valence-corrected chi connectivity index (χ0v) is 10.7. The van der Waals surface area contributed by atoms with Crippen LogP contribution in [0.1, 0.15) is 31.7 Å². The fraction of sp³-hybridized carbons (Fsp3) is 0.571. The zero-order chi connectivity index (χ0) is 12.3. The first-order chi connectivity index (χ1) is 8.24. The number of nitrogens with one attached hydrogen (secondary N) is 1. The van der Waals surface area contributed by atoms with Gasteiger partial charge in [0.15, 0.2) is 0 Å². The van der Waals surface area contributed by atoms with E-state index in [0.717, 1.165) is 38.3 Å². The Labute approximate surface area is 103 Å². The van der Waals surface area contributed by atoms with Crippen LogP contribution in [-0.4, -0.2) is 31.1 Å². The summed E-state index contributed by atoms with van der Waals surface area (Å²) in [4.78, 5) is 2.43. The van der Waals surface area contributed by atoms with Gasteiger partial charge in [0.2, 0.25) is 0 Å². The molecule has 2 nitrogen and oxygen atoms in total. The van der Waals surface area contributed by atoms with E-state index in [0.29, 0.717) is 5.92 Å². The molecule has 3 heteroatoms. The van der Waals surface area contributed by atoms with Gasteiger partial charge in [-0.3, -0.25) is 0 Å². The third-order valence-corrected chi connectivity index (χ3v) is 3.64. The van der Waals surface area contributed by atoms with E-state index in [2.05, 4.69) is 24.1 Å². The second-order valence-corrected chi connectivity index (χ2v) is 4.63. The number of rotatable bonds is 4. The van der Waals surface area contributed by atoms with Gasteiger partial charge in [0.05, 0.1) is 0 Å². The Balaban J connectivity index is 2.16. The fourth-order valence-electron chi connectivity index (χ4n) is 2.56. The van der Waals surface area contributed by atoms with Crippen molar-refractivity contribution in [1.29, 1.82) is 0 Å². The Morgan fingerprint density at radius 3 is 2.82 bits per heavy atom. The van der Waals surface area contributed by atoms with Gasteiger partial charge in [0.1, 0.15) is 5.82 Å². The second-order valence-electron chi connectivity index (χ2n) is 4.63. The predicted octanol–water partition coefficient (Wildman–Crippen LogP) is 3.07. The number of likely N-dealkylation sites (N-methyl/N-ethyl adjacent to an activating group) is 1. The van der Waals surface area contributed by atoms with Gasteiger partial charge < -0.3 is 10.2 Å². The predicted molar refractivity (Wildman–Crippen MR) is 70.0 cm³/mol. The molecule has 0 spiro atoms. The van der Waals surface area contributed by atoms with Crippen molar-refractivity contribution in [3.8, 4) is 0 Å². The van der Waals surface area contributed by atoms with Crippen molar-refractivity contribution in [2.24, 2.45) is 0 Å². The Kier molecular flexibility index (Phi) is 4.00. The molecule has 1 atom stereocenters. The molecule has 1 N–H and O–H groups in total. The largest absolute Gasteiger partial charge is 0.385 e. The number of benzene rings is 1. The van der Waals surface area contributed by atoms with Gasteiger partial charge in [-0.1, -0.05) is 19.9 Å². The van der Waals surface area contributed by atoms with Crippen molar-refractivity contribution in [2.75, 3.05) is 31.5 Å². The Morgan fingerprint density at radius 2 is 2.12 bits per heavy atom. The van der Waals surface area contributed by atoms with Crippen LogP contribution in [-0.2, 0) is 0 Å². The molecule has 1 unspecified atom stereocenters. The molecule has 1 aliphatic heterocycles. The molecular formula is C14H21FN2. The highest BCUT2D eigenvalue weighted by Crippen LogP contribution is 2.32. The molecular weight excluding hydrogens is 215 g/mol. The van der Waals surface area contributed by atoms with E-state index in [-0.39, 0.29) is 5.82 Å². The van der Waals surface area contributed by atoms with Crippen LogP contribution in [0, 0.1) is 5.82 Å². The summed E-state index contributed by atoms with van der Waals surface area (Å²) in [5.41, 5.74) is 2.25. The number of fused-ring (bicyclic) bond motifs is 1. The van der Waals surface area contributed by atoms with Crippen LogP contribution in [0.15, 0.2) is 18.2 Å². The van der Waals surface area contributed by atoms with Gasteiger partial charge in [-0.05, 0) is 37.2 Å². The highest BCUT2D eigenvalue weighted by Gasteiger charge is 2.21. The van der Waals surface area contributed by atoms with Crippen molar-refractivity contribution in [3.63, 3.8) is 0 Å². The maximum absolute atomic E-state index is 13.2. The molecule has 0 fully saturated rings. The molecule has 17 heavy (non-hydrogen) atoms. The third kappa shape index (κ3) is 2.78. The monoisotopic (exact) mass is 236 g/mol.